The van der Waals surface area contributed by atoms with Gasteiger partial charge in [0.2, 0.25) is 5.91 Å². The molecule has 1 amide bonds. The van der Waals surface area contributed by atoms with Gasteiger partial charge in [0.25, 0.3) is 0 Å². The van der Waals surface area contributed by atoms with Crippen LogP contribution in [0, 0.1) is 16.7 Å². The number of nitrogens with one attached hydrogen (secondary N) is 2. The topological polar surface area (TPSA) is 41.1 Å². The zero-order valence-electron chi connectivity index (χ0n) is 11.4. The molecule has 2 fully saturated rings. The van der Waals surface area contributed by atoms with Crippen LogP contribution < -0.4 is 10.6 Å². The van der Waals surface area contributed by atoms with Gasteiger partial charge in [-0.05, 0) is 43.6 Å². The summed E-state index contributed by atoms with van der Waals surface area (Å²) in [6.45, 7) is 9.27. The first-order valence-electron chi connectivity index (χ1n) is 7.04. The van der Waals surface area contributed by atoms with E-state index in [0.717, 1.165) is 26.1 Å². The summed E-state index contributed by atoms with van der Waals surface area (Å²) in [7, 11) is 0. The minimum absolute atomic E-state index is 0.163. The minimum atomic E-state index is -0.163. The largest absolute Gasteiger partial charge is 0.355 e. The molecular weight excluding hydrogens is 212 g/mol. The molecule has 3 heteroatoms. The lowest BCUT2D eigenvalue weighted by Crippen LogP contribution is -2.47. The predicted molar refractivity (Wildman–Crippen MR) is 69.7 cm³/mol. The summed E-state index contributed by atoms with van der Waals surface area (Å²) in [6.07, 6.45) is 4.75. The maximum atomic E-state index is 12.4. The Kier molecular flexibility index (Phi) is 3.48. The molecule has 0 aromatic heterocycles. The van der Waals surface area contributed by atoms with Gasteiger partial charge in [-0.25, -0.2) is 0 Å². The third-order valence-corrected chi connectivity index (χ3v) is 5.08. The van der Waals surface area contributed by atoms with Crippen LogP contribution in [-0.4, -0.2) is 25.5 Å². The van der Waals surface area contributed by atoms with E-state index in [1.807, 2.05) is 0 Å². The van der Waals surface area contributed by atoms with Gasteiger partial charge in [-0.3, -0.25) is 4.79 Å². The van der Waals surface area contributed by atoms with Gasteiger partial charge in [0.05, 0.1) is 5.41 Å². The fourth-order valence-corrected chi connectivity index (χ4v) is 2.94. The second kappa shape index (κ2) is 4.60. The lowest BCUT2D eigenvalue weighted by molar-refractivity contribution is -0.132. The van der Waals surface area contributed by atoms with Crippen molar-refractivity contribution in [1.82, 2.24) is 10.6 Å². The molecule has 1 heterocycles. The second-order valence-electron chi connectivity index (χ2n) is 6.27. The maximum Gasteiger partial charge on any atom is 0.227 e. The number of carbonyl (C=O) groups is 1. The molecule has 2 aliphatic rings. The van der Waals surface area contributed by atoms with Crippen molar-refractivity contribution in [2.45, 2.75) is 46.5 Å². The van der Waals surface area contributed by atoms with Gasteiger partial charge >= 0.3 is 0 Å². The summed E-state index contributed by atoms with van der Waals surface area (Å²) in [4.78, 5) is 12.4. The first-order valence-corrected chi connectivity index (χ1v) is 7.04. The third-order valence-electron chi connectivity index (χ3n) is 5.08. The molecule has 3 nitrogen and oxygen atoms in total. The van der Waals surface area contributed by atoms with E-state index in [1.54, 1.807) is 0 Å². The number of hydrogen-bond donors (Lipinski definition) is 2. The maximum absolute atomic E-state index is 12.4. The number of amides is 1. The lowest BCUT2D eigenvalue weighted by atomic mass is 9.75. The van der Waals surface area contributed by atoms with Crippen LogP contribution in [0.1, 0.15) is 46.5 Å². The summed E-state index contributed by atoms with van der Waals surface area (Å²) in [5, 5.41) is 6.56. The highest BCUT2D eigenvalue weighted by molar-refractivity contribution is 5.83. The minimum Gasteiger partial charge on any atom is -0.355 e. The Labute approximate surface area is 105 Å². The normalized spacial score (nSPS) is 30.6. The van der Waals surface area contributed by atoms with Crippen molar-refractivity contribution in [3.05, 3.63) is 0 Å². The van der Waals surface area contributed by atoms with Crippen molar-refractivity contribution in [3.63, 3.8) is 0 Å². The fourth-order valence-electron chi connectivity index (χ4n) is 2.94. The zero-order valence-corrected chi connectivity index (χ0v) is 11.4. The summed E-state index contributed by atoms with van der Waals surface area (Å²) < 4.78 is 0. The van der Waals surface area contributed by atoms with E-state index in [-0.39, 0.29) is 11.3 Å². The van der Waals surface area contributed by atoms with Gasteiger partial charge in [-0.2, -0.15) is 0 Å². The molecule has 0 spiro atoms. The van der Waals surface area contributed by atoms with Gasteiger partial charge in [-0.1, -0.05) is 20.8 Å². The standard InChI is InChI=1S/C14H26N2O/c1-4-13(5-6-13)9-16-12(17)14(11(2)3)7-8-15-10-14/h11,15H,4-10H2,1-3H3,(H,16,17). The Hall–Kier alpha value is -0.570. The molecule has 1 aliphatic heterocycles. The highest BCUT2D eigenvalue weighted by Crippen LogP contribution is 2.48. The van der Waals surface area contributed by atoms with Crippen molar-refractivity contribution >= 4 is 5.91 Å². The second-order valence-corrected chi connectivity index (χ2v) is 6.27. The first-order chi connectivity index (χ1) is 8.05. The van der Waals surface area contributed by atoms with Crippen molar-refractivity contribution in [2.24, 2.45) is 16.7 Å². The van der Waals surface area contributed by atoms with Gasteiger partial charge in [0, 0.05) is 13.1 Å². The molecule has 1 aliphatic carbocycles. The fraction of sp³-hybridized carbons (Fsp3) is 0.929. The van der Waals surface area contributed by atoms with E-state index >= 15 is 0 Å². The molecule has 0 aromatic rings. The van der Waals surface area contributed by atoms with E-state index in [4.69, 9.17) is 0 Å². The van der Waals surface area contributed by atoms with Gasteiger partial charge in [-0.15, -0.1) is 0 Å². The SMILES string of the molecule is CCC1(CNC(=O)C2(C(C)C)CCNC2)CC1. The highest BCUT2D eigenvalue weighted by atomic mass is 16.2. The molecule has 17 heavy (non-hydrogen) atoms. The third kappa shape index (κ3) is 2.35. The Morgan fingerprint density at radius 2 is 2.06 bits per heavy atom. The van der Waals surface area contributed by atoms with Gasteiger partial charge < -0.3 is 10.6 Å². The van der Waals surface area contributed by atoms with E-state index in [0.29, 0.717) is 11.3 Å². The molecule has 2 N–H and O–H groups in total. The van der Waals surface area contributed by atoms with Crippen molar-refractivity contribution in [1.29, 1.82) is 0 Å². The molecule has 98 valence electrons. The molecule has 0 bridgehead atoms. The molecular formula is C14H26N2O. The van der Waals surface area contributed by atoms with Crippen molar-refractivity contribution < 1.29 is 4.79 Å². The monoisotopic (exact) mass is 238 g/mol. The van der Waals surface area contributed by atoms with Crippen LogP contribution in [0.4, 0.5) is 0 Å². The molecule has 0 aromatic carbocycles. The molecule has 1 atom stereocenters. The van der Waals surface area contributed by atoms with Gasteiger partial charge in [0.15, 0.2) is 0 Å². The molecule has 1 saturated carbocycles. The quantitative estimate of drug-likeness (QED) is 0.768. The zero-order chi connectivity index (χ0) is 12.5. The van der Waals surface area contributed by atoms with Crippen LogP contribution in [-0.2, 0) is 4.79 Å². The Balaban J connectivity index is 1.93. The Morgan fingerprint density at radius 3 is 2.47 bits per heavy atom. The van der Waals surface area contributed by atoms with Crippen LogP contribution in [0.5, 0.6) is 0 Å². The summed E-state index contributed by atoms with van der Waals surface area (Å²) in [5.41, 5.74) is 0.281. The molecule has 1 unspecified atom stereocenters. The Morgan fingerprint density at radius 1 is 1.35 bits per heavy atom. The number of rotatable bonds is 5. The summed E-state index contributed by atoms with van der Waals surface area (Å²) >= 11 is 0. The van der Waals surface area contributed by atoms with E-state index in [1.165, 1.54) is 19.3 Å². The van der Waals surface area contributed by atoms with E-state index < -0.39 is 0 Å². The lowest BCUT2D eigenvalue weighted by Gasteiger charge is -2.31. The van der Waals surface area contributed by atoms with E-state index in [2.05, 4.69) is 31.4 Å². The van der Waals surface area contributed by atoms with Crippen LogP contribution in [0.25, 0.3) is 0 Å². The smallest absolute Gasteiger partial charge is 0.227 e. The highest BCUT2D eigenvalue weighted by Gasteiger charge is 2.46. The molecule has 1 saturated heterocycles. The number of carbonyl (C=O) groups excluding carboxylic acids is 1. The molecule has 2 rings (SSSR count). The van der Waals surface area contributed by atoms with Crippen molar-refractivity contribution in [3.8, 4) is 0 Å². The van der Waals surface area contributed by atoms with Crippen LogP contribution in [0.3, 0.4) is 0 Å². The van der Waals surface area contributed by atoms with Crippen LogP contribution in [0.15, 0.2) is 0 Å². The number of hydrogen-bond acceptors (Lipinski definition) is 2. The van der Waals surface area contributed by atoms with Crippen LogP contribution in [0.2, 0.25) is 0 Å². The van der Waals surface area contributed by atoms with Crippen LogP contribution >= 0.6 is 0 Å². The Bertz CT molecular complexity index is 289. The summed E-state index contributed by atoms with van der Waals surface area (Å²) in [6, 6.07) is 0. The summed E-state index contributed by atoms with van der Waals surface area (Å²) in [5.74, 6) is 0.687. The first kappa shape index (κ1) is 12.9. The predicted octanol–water partition coefficient (Wildman–Crippen LogP) is 1.93. The van der Waals surface area contributed by atoms with Gasteiger partial charge in [0.1, 0.15) is 0 Å². The van der Waals surface area contributed by atoms with E-state index in [9.17, 15) is 4.79 Å². The molecule has 0 radical (unpaired) electrons. The average molecular weight is 238 g/mol. The van der Waals surface area contributed by atoms with Crippen molar-refractivity contribution in [2.75, 3.05) is 19.6 Å². The average Bonchev–Trinajstić information content (AvgIpc) is 2.92.